The first kappa shape index (κ1) is 13.5. The van der Waals surface area contributed by atoms with E-state index in [9.17, 15) is 0 Å². The van der Waals surface area contributed by atoms with Gasteiger partial charge in [-0.25, -0.2) is 0 Å². The van der Waals surface area contributed by atoms with Crippen molar-refractivity contribution >= 4 is 11.3 Å². The van der Waals surface area contributed by atoms with Crippen LogP contribution in [0.4, 0.5) is 0 Å². The van der Waals surface area contributed by atoms with E-state index in [1.807, 2.05) is 23.6 Å². The Morgan fingerprint density at radius 1 is 1.40 bits per heavy atom. The quantitative estimate of drug-likeness (QED) is 0.933. The fourth-order valence-electron chi connectivity index (χ4n) is 2.82. The van der Waals surface area contributed by atoms with Gasteiger partial charge in [-0.05, 0) is 41.8 Å². The minimum absolute atomic E-state index is 0.0149. The van der Waals surface area contributed by atoms with Crippen molar-refractivity contribution in [2.45, 2.75) is 24.8 Å². The largest absolute Gasteiger partial charge is 0.496 e. The number of rotatable bonds is 4. The van der Waals surface area contributed by atoms with Crippen LogP contribution in [0.1, 0.15) is 35.2 Å². The van der Waals surface area contributed by atoms with E-state index in [1.165, 1.54) is 5.56 Å². The minimum Gasteiger partial charge on any atom is -0.496 e. The monoisotopic (exact) mass is 289 g/mol. The fraction of sp³-hybridized carbons (Fsp3) is 0.375. The molecule has 0 saturated heterocycles. The third kappa shape index (κ3) is 2.53. The Bertz CT molecular complexity index is 581. The molecule has 0 amide bonds. The second-order valence-electron chi connectivity index (χ2n) is 5.07. The highest BCUT2D eigenvalue weighted by Crippen LogP contribution is 2.40. The zero-order valence-corrected chi connectivity index (χ0v) is 12.4. The minimum atomic E-state index is 0.0149. The van der Waals surface area contributed by atoms with E-state index in [1.54, 1.807) is 18.4 Å². The fourth-order valence-corrected chi connectivity index (χ4v) is 3.70. The Morgan fingerprint density at radius 3 is 3.10 bits per heavy atom. The van der Waals surface area contributed by atoms with Gasteiger partial charge in [-0.15, -0.1) is 11.3 Å². The molecule has 1 aliphatic heterocycles. The Balaban J connectivity index is 1.79. The third-order valence-electron chi connectivity index (χ3n) is 3.84. The Labute approximate surface area is 123 Å². The molecule has 2 N–H and O–H groups in total. The van der Waals surface area contributed by atoms with Crippen LogP contribution < -0.4 is 15.2 Å². The van der Waals surface area contributed by atoms with E-state index in [0.29, 0.717) is 5.92 Å². The number of para-hydroxylation sites is 1. The normalized spacial score (nSPS) is 19.0. The van der Waals surface area contributed by atoms with Gasteiger partial charge in [0.2, 0.25) is 0 Å². The smallest absolute Gasteiger partial charge is 0.134 e. The van der Waals surface area contributed by atoms with Crippen LogP contribution in [0.3, 0.4) is 0 Å². The first-order chi connectivity index (χ1) is 9.79. The lowest BCUT2D eigenvalue weighted by molar-refractivity contribution is 0.259. The van der Waals surface area contributed by atoms with Crippen LogP contribution in [0, 0.1) is 0 Å². The van der Waals surface area contributed by atoms with Crippen molar-refractivity contribution in [3.05, 3.63) is 46.2 Å². The summed E-state index contributed by atoms with van der Waals surface area (Å²) >= 11 is 1.67. The second-order valence-corrected chi connectivity index (χ2v) is 6.02. The van der Waals surface area contributed by atoms with Gasteiger partial charge in [0.15, 0.2) is 0 Å². The van der Waals surface area contributed by atoms with Crippen LogP contribution in [0.15, 0.2) is 35.7 Å². The first-order valence-corrected chi connectivity index (χ1v) is 7.76. The molecule has 106 valence electrons. The molecule has 0 aliphatic carbocycles. The lowest BCUT2D eigenvalue weighted by atomic mass is 9.87. The summed E-state index contributed by atoms with van der Waals surface area (Å²) in [6.07, 6.45) is 1.95. The Hall–Kier alpha value is -1.52. The summed E-state index contributed by atoms with van der Waals surface area (Å²) < 4.78 is 11.1. The van der Waals surface area contributed by atoms with Crippen LogP contribution in [-0.4, -0.2) is 13.7 Å². The highest BCUT2D eigenvalue weighted by atomic mass is 32.1. The number of hydrogen-bond acceptors (Lipinski definition) is 4. The van der Waals surface area contributed by atoms with Crippen LogP contribution in [0.2, 0.25) is 0 Å². The molecule has 20 heavy (non-hydrogen) atoms. The van der Waals surface area contributed by atoms with Gasteiger partial charge in [-0.1, -0.05) is 18.2 Å². The lowest BCUT2D eigenvalue weighted by Crippen LogP contribution is -2.19. The third-order valence-corrected chi connectivity index (χ3v) is 4.87. The second kappa shape index (κ2) is 5.85. The summed E-state index contributed by atoms with van der Waals surface area (Å²) in [5, 5.41) is 2.03. The predicted molar refractivity (Wildman–Crippen MR) is 81.7 cm³/mol. The molecule has 0 fully saturated rings. The van der Waals surface area contributed by atoms with E-state index in [4.69, 9.17) is 15.2 Å². The number of nitrogens with two attached hydrogens (primary N) is 1. The van der Waals surface area contributed by atoms with Crippen molar-refractivity contribution in [1.82, 2.24) is 0 Å². The summed E-state index contributed by atoms with van der Waals surface area (Å²) in [7, 11) is 1.70. The van der Waals surface area contributed by atoms with Crippen LogP contribution >= 0.6 is 11.3 Å². The molecular weight excluding hydrogens is 270 g/mol. The van der Waals surface area contributed by atoms with E-state index in [0.717, 1.165) is 35.8 Å². The van der Waals surface area contributed by atoms with E-state index in [2.05, 4.69) is 12.1 Å². The van der Waals surface area contributed by atoms with Gasteiger partial charge in [0.25, 0.3) is 0 Å². The van der Waals surface area contributed by atoms with E-state index < -0.39 is 0 Å². The van der Waals surface area contributed by atoms with Gasteiger partial charge >= 0.3 is 0 Å². The summed E-state index contributed by atoms with van der Waals surface area (Å²) in [4.78, 5) is 1.14. The zero-order chi connectivity index (χ0) is 13.9. The molecule has 1 aromatic heterocycles. The maximum atomic E-state index is 6.39. The number of ether oxygens (including phenoxy) is 2. The van der Waals surface area contributed by atoms with Crippen molar-refractivity contribution in [2.24, 2.45) is 5.73 Å². The molecule has 2 unspecified atom stereocenters. The van der Waals surface area contributed by atoms with Crippen LogP contribution in [0.5, 0.6) is 11.5 Å². The molecule has 2 heterocycles. The number of fused-ring (bicyclic) bond motifs is 1. The summed E-state index contributed by atoms with van der Waals surface area (Å²) in [6.45, 7) is 0.774. The average molecular weight is 289 g/mol. The maximum Gasteiger partial charge on any atom is 0.134 e. The predicted octanol–water partition coefficient (Wildman–Crippen LogP) is 3.71. The van der Waals surface area contributed by atoms with Gasteiger partial charge in [-0.2, -0.15) is 0 Å². The molecule has 2 aromatic rings. The summed E-state index contributed by atoms with van der Waals surface area (Å²) in [5.74, 6) is 2.37. The maximum absolute atomic E-state index is 6.39. The number of methoxy groups -OCH3 is 1. The number of thiophene rings is 1. The number of hydrogen-bond donors (Lipinski definition) is 1. The summed E-state index contributed by atoms with van der Waals surface area (Å²) in [5.41, 5.74) is 7.68. The van der Waals surface area contributed by atoms with Gasteiger partial charge in [-0.3, -0.25) is 0 Å². The molecule has 4 heteroatoms. The van der Waals surface area contributed by atoms with E-state index in [-0.39, 0.29) is 6.04 Å². The molecule has 3 nitrogen and oxygen atoms in total. The van der Waals surface area contributed by atoms with Gasteiger partial charge in [0.1, 0.15) is 11.5 Å². The van der Waals surface area contributed by atoms with Crippen LogP contribution in [-0.2, 0) is 0 Å². The molecule has 2 atom stereocenters. The SMILES string of the molecule is COc1ccsc1C(N)CC1CCOc2ccccc21. The van der Waals surface area contributed by atoms with Crippen molar-refractivity contribution in [3.63, 3.8) is 0 Å². The number of benzene rings is 1. The molecule has 1 aromatic carbocycles. The van der Waals surface area contributed by atoms with Crippen molar-refractivity contribution in [2.75, 3.05) is 13.7 Å². The van der Waals surface area contributed by atoms with Crippen molar-refractivity contribution in [1.29, 1.82) is 0 Å². The summed E-state index contributed by atoms with van der Waals surface area (Å²) in [6, 6.07) is 10.3. The molecule has 0 bridgehead atoms. The molecular formula is C16H19NO2S. The lowest BCUT2D eigenvalue weighted by Gasteiger charge is -2.27. The molecule has 0 saturated carbocycles. The topological polar surface area (TPSA) is 44.5 Å². The molecule has 0 spiro atoms. The Kier molecular flexibility index (Phi) is 3.94. The van der Waals surface area contributed by atoms with Gasteiger partial charge < -0.3 is 15.2 Å². The van der Waals surface area contributed by atoms with Crippen molar-refractivity contribution < 1.29 is 9.47 Å². The standard InChI is InChI=1S/C16H19NO2S/c1-18-15-7-9-20-16(15)13(17)10-11-6-8-19-14-5-3-2-4-12(11)14/h2-5,7,9,11,13H,6,8,10,17H2,1H3. The average Bonchev–Trinajstić information content (AvgIpc) is 2.96. The van der Waals surface area contributed by atoms with Crippen LogP contribution in [0.25, 0.3) is 0 Å². The van der Waals surface area contributed by atoms with Gasteiger partial charge in [0.05, 0.1) is 18.6 Å². The molecule has 1 aliphatic rings. The highest BCUT2D eigenvalue weighted by molar-refractivity contribution is 7.10. The molecule has 0 radical (unpaired) electrons. The highest BCUT2D eigenvalue weighted by Gasteiger charge is 2.25. The van der Waals surface area contributed by atoms with Crippen molar-refractivity contribution in [3.8, 4) is 11.5 Å². The van der Waals surface area contributed by atoms with Gasteiger partial charge in [0, 0.05) is 6.04 Å². The Morgan fingerprint density at radius 2 is 2.25 bits per heavy atom. The van der Waals surface area contributed by atoms with E-state index >= 15 is 0 Å². The zero-order valence-electron chi connectivity index (χ0n) is 11.5. The molecule has 3 rings (SSSR count). The first-order valence-electron chi connectivity index (χ1n) is 6.88.